The lowest BCUT2D eigenvalue weighted by Gasteiger charge is -2.19. The number of amides is 1. The Morgan fingerprint density at radius 2 is 1.80 bits per heavy atom. The maximum Gasteiger partial charge on any atom is 0.262 e. The number of carbonyl (C=O) groups is 1. The molecule has 2 N–H and O–H groups in total. The number of carbonyl (C=O) groups excluding carboxylic acids is 1. The Hall–Kier alpha value is -2.58. The minimum atomic E-state index is -3.71. The van der Waals surface area contributed by atoms with E-state index in [1.165, 1.54) is 22.5 Å². The van der Waals surface area contributed by atoms with E-state index in [1.807, 2.05) is 24.3 Å². The molecular weight excluding hydrogens is 404 g/mol. The van der Waals surface area contributed by atoms with Crippen molar-refractivity contribution in [3.63, 3.8) is 0 Å². The zero-order valence-electron chi connectivity index (χ0n) is 17.9. The number of hydrogen-bond acceptors (Lipinski definition) is 5. The van der Waals surface area contributed by atoms with Gasteiger partial charge in [-0.1, -0.05) is 45.9 Å². The van der Waals surface area contributed by atoms with Crippen LogP contribution in [0.5, 0.6) is 11.5 Å². The first kappa shape index (κ1) is 23.7. The summed E-state index contributed by atoms with van der Waals surface area (Å²) in [7, 11) is -3.71. The second-order valence-corrected chi connectivity index (χ2v) is 8.89. The highest BCUT2D eigenvalue weighted by atomic mass is 32.2. The lowest BCUT2D eigenvalue weighted by atomic mass is 9.98. The van der Waals surface area contributed by atoms with Crippen LogP contribution in [0, 0.1) is 0 Å². The number of benzene rings is 2. The Bertz CT molecular complexity index is 971. The normalized spacial score (nSPS) is 12.6. The van der Waals surface area contributed by atoms with Crippen LogP contribution in [0.2, 0.25) is 0 Å². The van der Waals surface area contributed by atoms with E-state index >= 15 is 0 Å². The third-order valence-corrected chi connectivity index (χ3v) is 7.05. The molecule has 0 radical (unpaired) electrons. The van der Waals surface area contributed by atoms with E-state index in [2.05, 4.69) is 19.2 Å². The number of sulfonamides is 1. The molecule has 0 saturated carbocycles. The molecule has 0 aliphatic heterocycles. The maximum atomic E-state index is 12.7. The number of rotatable bonds is 10. The van der Waals surface area contributed by atoms with Crippen LogP contribution >= 0.6 is 0 Å². The lowest BCUT2D eigenvalue weighted by Crippen LogP contribution is -2.30. The Kier molecular flexibility index (Phi) is 8.25. The van der Waals surface area contributed by atoms with Gasteiger partial charge in [0.25, 0.3) is 5.91 Å². The number of nitrogens with one attached hydrogen (secondary N) is 1. The van der Waals surface area contributed by atoms with E-state index in [9.17, 15) is 18.3 Å². The molecule has 7 nitrogen and oxygen atoms in total. The third kappa shape index (κ3) is 5.52. The summed E-state index contributed by atoms with van der Waals surface area (Å²) in [6.45, 7) is 8.05. The molecule has 2 aromatic rings. The Morgan fingerprint density at radius 1 is 1.13 bits per heavy atom. The first-order chi connectivity index (χ1) is 14.2. The Morgan fingerprint density at radius 3 is 2.43 bits per heavy atom. The zero-order chi connectivity index (χ0) is 22.3. The molecular formula is C22H30N2O5S. The van der Waals surface area contributed by atoms with E-state index in [0.717, 1.165) is 12.0 Å². The first-order valence-electron chi connectivity index (χ1n) is 10.1. The molecule has 2 aromatic carbocycles. The molecule has 0 fully saturated rings. The van der Waals surface area contributed by atoms with Crippen LogP contribution in [-0.2, 0) is 14.8 Å². The molecule has 8 heteroatoms. The fraction of sp³-hybridized carbons (Fsp3) is 0.409. The molecule has 0 aliphatic rings. The molecule has 0 aromatic heterocycles. The summed E-state index contributed by atoms with van der Waals surface area (Å²) in [6.07, 6.45) is 0.939. The van der Waals surface area contributed by atoms with Crippen LogP contribution in [-0.4, -0.2) is 43.4 Å². The number of para-hydroxylation sites is 1. The lowest BCUT2D eigenvalue weighted by molar-refractivity contribution is -0.118. The number of phenolic OH excluding ortho intramolecular Hbond substituents is 1. The van der Waals surface area contributed by atoms with Crippen LogP contribution < -0.4 is 10.1 Å². The highest BCUT2D eigenvalue weighted by molar-refractivity contribution is 7.89. The number of phenols is 1. The van der Waals surface area contributed by atoms with Crippen molar-refractivity contribution in [2.75, 3.05) is 25.0 Å². The van der Waals surface area contributed by atoms with Crippen molar-refractivity contribution in [1.82, 2.24) is 4.31 Å². The zero-order valence-corrected chi connectivity index (χ0v) is 18.7. The fourth-order valence-corrected chi connectivity index (χ4v) is 4.54. The van der Waals surface area contributed by atoms with Crippen LogP contribution in [0.3, 0.4) is 0 Å². The average molecular weight is 435 g/mol. The number of anilines is 1. The highest BCUT2D eigenvalue weighted by Gasteiger charge is 2.23. The maximum absolute atomic E-state index is 12.7. The van der Waals surface area contributed by atoms with Gasteiger partial charge in [0.2, 0.25) is 10.0 Å². The quantitative estimate of drug-likeness (QED) is 0.552. The largest absolute Gasteiger partial charge is 0.506 e. The van der Waals surface area contributed by atoms with Gasteiger partial charge in [-0.05, 0) is 42.2 Å². The summed E-state index contributed by atoms with van der Waals surface area (Å²) in [6, 6.07) is 11.4. The van der Waals surface area contributed by atoms with Gasteiger partial charge in [0.15, 0.2) is 6.61 Å². The molecule has 164 valence electrons. The monoisotopic (exact) mass is 434 g/mol. The molecule has 0 aliphatic carbocycles. The van der Waals surface area contributed by atoms with E-state index in [4.69, 9.17) is 4.74 Å². The fourth-order valence-electron chi connectivity index (χ4n) is 3.06. The van der Waals surface area contributed by atoms with Crippen LogP contribution in [0.25, 0.3) is 0 Å². The van der Waals surface area contributed by atoms with Crippen molar-refractivity contribution in [3.8, 4) is 11.5 Å². The highest BCUT2D eigenvalue weighted by Crippen LogP contribution is 2.29. The van der Waals surface area contributed by atoms with E-state index in [0.29, 0.717) is 18.8 Å². The second kappa shape index (κ2) is 10.4. The summed E-state index contributed by atoms with van der Waals surface area (Å²) >= 11 is 0. The van der Waals surface area contributed by atoms with Gasteiger partial charge >= 0.3 is 0 Å². The standard InChI is InChI=1S/C22H30N2O5S/c1-5-16(4)18-10-8-9-11-21(18)29-15-22(26)23-19-14-17(12-13-20(19)25)30(27,28)24(6-2)7-3/h8-14,16,25H,5-7,15H2,1-4H3,(H,23,26). The number of ether oxygens (including phenoxy) is 1. The third-order valence-electron chi connectivity index (χ3n) is 5.01. The first-order valence-corrected chi connectivity index (χ1v) is 11.5. The van der Waals surface area contributed by atoms with E-state index in [-0.39, 0.29) is 28.9 Å². The van der Waals surface area contributed by atoms with Crippen LogP contribution in [0.1, 0.15) is 45.6 Å². The van der Waals surface area contributed by atoms with Gasteiger partial charge in [0, 0.05) is 13.1 Å². The molecule has 1 atom stereocenters. The summed E-state index contributed by atoms with van der Waals surface area (Å²) in [5.74, 6) is 0.197. The van der Waals surface area contributed by atoms with Gasteiger partial charge in [-0.3, -0.25) is 4.79 Å². The molecule has 30 heavy (non-hydrogen) atoms. The number of hydrogen-bond donors (Lipinski definition) is 2. The summed E-state index contributed by atoms with van der Waals surface area (Å²) < 4.78 is 32.4. The van der Waals surface area contributed by atoms with Gasteiger partial charge in [-0.15, -0.1) is 0 Å². The smallest absolute Gasteiger partial charge is 0.262 e. The van der Waals surface area contributed by atoms with Gasteiger partial charge < -0.3 is 15.2 Å². The molecule has 0 heterocycles. The molecule has 0 bridgehead atoms. The summed E-state index contributed by atoms with van der Waals surface area (Å²) in [5.41, 5.74) is 1.04. The average Bonchev–Trinajstić information content (AvgIpc) is 2.74. The molecule has 2 rings (SSSR count). The Labute approximate surface area is 178 Å². The molecule has 0 spiro atoms. The predicted octanol–water partition coefficient (Wildman–Crippen LogP) is 3.95. The topological polar surface area (TPSA) is 95.9 Å². The van der Waals surface area contributed by atoms with Crippen molar-refractivity contribution >= 4 is 21.6 Å². The number of aromatic hydroxyl groups is 1. The van der Waals surface area contributed by atoms with E-state index < -0.39 is 15.9 Å². The summed E-state index contributed by atoms with van der Waals surface area (Å²) in [4.78, 5) is 12.4. The van der Waals surface area contributed by atoms with Gasteiger partial charge in [0.05, 0.1) is 10.6 Å². The minimum absolute atomic E-state index is 0.00216. The summed E-state index contributed by atoms with van der Waals surface area (Å²) in [5, 5.41) is 12.6. The van der Waals surface area contributed by atoms with Crippen molar-refractivity contribution in [2.45, 2.75) is 44.9 Å². The Balaban J connectivity index is 2.15. The van der Waals surface area contributed by atoms with E-state index in [1.54, 1.807) is 13.8 Å². The molecule has 0 saturated heterocycles. The van der Waals surface area contributed by atoms with Crippen LogP contribution in [0.4, 0.5) is 5.69 Å². The predicted molar refractivity (Wildman–Crippen MR) is 117 cm³/mol. The number of nitrogens with zero attached hydrogens (tertiary/aromatic N) is 1. The minimum Gasteiger partial charge on any atom is -0.506 e. The van der Waals surface area contributed by atoms with Crippen molar-refractivity contribution in [3.05, 3.63) is 48.0 Å². The van der Waals surface area contributed by atoms with Gasteiger partial charge in [0.1, 0.15) is 11.5 Å². The van der Waals surface area contributed by atoms with Crippen molar-refractivity contribution < 1.29 is 23.1 Å². The SMILES string of the molecule is CCC(C)c1ccccc1OCC(=O)Nc1cc(S(=O)(=O)N(CC)CC)ccc1O. The van der Waals surface area contributed by atoms with Crippen molar-refractivity contribution in [2.24, 2.45) is 0 Å². The second-order valence-electron chi connectivity index (χ2n) is 6.95. The van der Waals surface area contributed by atoms with Crippen molar-refractivity contribution in [1.29, 1.82) is 0 Å². The van der Waals surface area contributed by atoms with Crippen LogP contribution in [0.15, 0.2) is 47.4 Å². The molecule has 1 amide bonds. The molecule has 1 unspecified atom stereocenters. The van der Waals surface area contributed by atoms with Gasteiger partial charge in [-0.25, -0.2) is 8.42 Å². The van der Waals surface area contributed by atoms with Gasteiger partial charge in [-0.2, -0.15) is 4.31 Å².